The Morgan fingerprint density at radius 3 is 1.31 bits per heavy atom. The average Bonchev–Trinajstić information content (AvgIpc) is 1.99. The first kappa shape index (κ1) is 16.4. The van der Waals surface area contributed by atoms with Crippen molar-refractivity contribution in [1.82, 2.24) is 0 Å². The van der Waals surface area contributed by atoms with Gasteiger partial charge in [0.15, 0.2) is 0 Å². The number of rotatable bonds is 2. The molecular formula is C12H25BrSi3. The van der Waals surface area contributed by atoms with Gasteiger partial charge in [0.2, 0.25) is 0 Å². The van der Waals surface area contributed by atoms with Crippen LogP contribution < -0.4 is 0 Å². The molecule has 0 atom stereocenters. The van der Waals surface area contributed by atoms with Crippen LogP contribution in [0.25, 0.3) is 0 Å². The van der Waals surface area contributed by atoms with Crippen LogP contribution in [0.3, 0.4) is 0 Å². The van der Waals surface area contributed by atoms with Crippen LogP contribution in [0.5, 0.6) is 0 Å². The van der Waals surface area contributed by atoms with Crippen LogP contribution in [0.15, 0.2) is 34.8 Å². The zero-order valence-electron chi connectivity index (χ0n) is 11.5. The van der Waals surface area contributed by atoms with Crippen LogP contribution in [0.4, 0.5) is 0 Å². The number of benzene rings is 1. The minimum Gasteiger partial charge on any atom is -0.0722 e. The van der Waals surface area contributed by atoms with Gasteiger partial charge in [0.1, 0.15) is 0 Å². The Kier molecular flexibility index (Phi) is 7.09. The van der Waals surface area contributed by atoms with Gasteiger partial charge in [0.05, 0.1) is 0 Å². The summed E-state index contributed by atoms with van der Waals surface area (Å²) in [6.07, 6.45) is 0. The normalized spacial score (nSPS) is 11.7. The summed E-state index contributed by atoms with van der Waals surface area (Å²) in [5.74, 6) is 0. The van der Waals surface area contributed by atoms with Crippen molar-refractivity contribution in [2.75, 3.05) is 0 Å². The molecule has 0 radical (unpaired) electrons. The lowest BCUT2D eigenvalue weighted by Gasteiger charge is -2.24. The Bertz CT molecular complexity index is 273. The van der Waals surface area contributed by atoms with Gasteiger partial charge in [-0.2, -0.15) is 0 Å². The summed E-state index contributed by atoms with van der Waals surface area (Å²) in [6.45, 7) is 15.2. The third kappa shape index (κ3) is 12.4. The van der Waals surface area contributed by atoms with Crippen LogP contribution in [0, 0.1) is 0 Å². The highest BCUT2D eigenvalue weighted by Gasteiger charge is 2.24. The van der Waals surface area contributed by atoms with Crippen molar-refractivity contribution in [1.29, 1.82) is 0 Å². The van der Waals surface area contributed by atoms with Crippen molar-refractivity contribution in [2.24, 2.45) is 0 Å². The van der Waals surface area contributed by atoms with Gasteiger partial charge < -0.3 is 0 Å². The smallest absolute Gasteiger partial charge is 0.0285 e. The minimum atomic E-state index is -0.592. The van der Waals surface area contributed by atoms with Gasteiger partial charge in [-0.15, -0.1) is 0 Å². The molecule has 0 aromatic heterocycles. The quantitative estimate of drug-likeness (QED) is 0.709. The molecule has 1 rings (SSSR count). The van der Waals surface area contributed by atoms with Gasteiger partial charge in [0.25, 0.3) is 0 Å². The monoisotopic (exact) mass is 332 g/mol. The Morgan fingerprint density at radius 2 is 1.19 bits per heavy atom. The fourth-order valence-corrected chi connectivity index (χ4v) is 43.7. The summed E-state index contributed by atoms with van der Waals surface area (Å²) in [4.78, 5) is 0. The molecule has 92 valence electrons. The Hall–Kier alpha value is 0.351. The second-order valence-corrected chi connectivity index (χ2v) is 35.1. The number of hydrogen-bond acceptors (Lipinski definition) is 0. The van der Waals surface area contributed by atoms with Gasteiger partial charge >= 0.3 is 0 Å². The van der Waals surface area contributed by atoms with E-state index >= 15 is 0 Å². The predicted molar refractivity (Wildman–Crippen MR) is 89.4 cm³/mol. The summed E-state index contributed by atoms with van der Waals surface area (Å²) >= 11 is 3.31. The van der Waals surface area contributed by atoms with Crippen molar-refractivity contribution < 1.29 is 0 Å². The van der Waals surface area contributed by atoms with Gasteiger partial charge in [-0.3, -0.25) is 0 Å². The van der Waals surface area contributed by atoms with Crippen molar-refractivity contribution in [2.45, 2.75) is 39.3 Å². The fourth-order valence-electron chi connectivity index (χ4n) is 2.01. The Balaban J connectivity index is 0.000000288. The van der Waals surface area contributed by atoms with Crippen molar-refractivity contribution >= 4 is 39.7 Å². The third-order valence-electron chi connectivity index (χ3n) is 1.79. The van der Waals surface area contributed by atoms with E-state index < -0.39 is 15.2 Å². The van der Waals surface area contributed by atoms with E-state index in [2.05, 4.69) is 55.2 Å². The minimum absolute atomic E-state index is 0.366. The molecule has 0 saturated heterocycles. The first-order valence-electron chi connectivity index (χ1n) is 5.81. The van der Waals surface area contributed by atoms with Crippen LogP contribution in [-0.2, 0) is 0 Å². The maximum atomic E-state index is 3.31. The second-order valence-electron chi connectivity index (χ2n) is 6.59. The van der Waals surface area contributed by atoms with E-state index in [-0.39, 0.29) is 0 Å². The molecule has 1 aromatic carbocycles. The molecule has 1 aromatic rings. The SMILES string of the molecule is Brc1ccccc1.C[Si](C)(C)[SiH2][Si](C)(C)C. The van der Waals surface area contributed by atoms with Gasteiger partial charge in [-0.1, -0.05) is 73.4 Å². The highest BCUT2D eigenvalue weighted by Crippen LogP contribution is 2.07. The molecule has 0 saturated carbocycles. The molecule has 0 spiro atoms. The second kappa shape index (κ2) is 6.94. The molecule has 0 unspecified atom stereocenters. The molecule has 0 heterocycles. The first-order chi connectivity index (χ1) is 7.10. The van der Waals surface area contributed by atoms with E-state index in [0.717, 1.165) is 4.47 Å². The zero-order chi connectivity index (χ0) is 12.8. The highest BCUT2D eigenvalue weighted by atomic mass is 79.9. The fraction of sp³-hybridized carbons (Fsp3) is 0.500. The van der Waals surface area contributed by atoms with Gasteiger partial charge in [0, 0.05) is 28.2 Å². The molecule has 0 aliphatic heterocycles. The van der Waals surface area contributed by atoms with Crippen LogP contribution in [0.1, 0.15) is 0 Å². The van der Waals surface area contributed by atoms with Crippen molar-refractivity contribution in [3.8, 4) is 0 Å². The van der Waals surface area contributed by atoms with Crippen molar-refractivity contribution in [3.05, 3.63) is 34.8 Å². The van der Waals surface area contributed by atoms with E-state index in [9.17, 15) is 0 Å². The lowest BCUT2D eigenvalue weighted by molar-refractivity contribution is 1.66. The number of halogens is 1. The molecule has 0 fully saturated rings. The lowest BCUT2D eigenvalue weighted by atomic mass is 10.4. The standard InChI is InChI=1S/C6H5Br.C6H20Si3/c7-6-4-2-1-3-5-6;1-8(2,3)7-9(4,5)6/h1-5H;7H2,1-6H3. The number of hydrogen-bond donors (Lipinski definition) is 0. The topological polar surface area (TPSA) is 0 Å². The zero-order valence-corrected chi connectivity index (χ0v) is 16.5. The van der Waals surface area contributed by atoms with Gasteiger partial charge in [-0.25, -0.2) is 0 Å². The Labute approximate surface area is 113 Å². The van der Waals surface area contributed by atoms with Crippen LogP contribution in [0.2, 0.25) is 39.3 Å². The first-order valence-corrected chi connectivity index (χ1v) is 18.3. The molecule has 0 bridgehead atoms. The molecule has 16 heavy (non-hydrogen) atoms. The summed E-state index contributed by atoms with van der Waals surface area (Å²) in [6, 6.07) is 9.97. The van der Waals surface area contributed by atoms with Gasteiger partial charge in [-0.05, 0) is 12.1 Å². The van der Waals surface area contributed by atoms with Crippen LogP contribution >= 0.6 is 15.9 Å². The third-order valence-corrected chi connectivity index (χ3v) is 29.9. The summed E-state index contributed by atoms with van der Waals surface area (Å²) < 4.78 is 1.13. The van der Waals surface area contributed by atoms with E-state index in [1.807, 2.05) is 30.3 Å². The maximum absolute atomic E-state index is 3.31. The average molecular weight is 333 g/mol. The molecule has 0 N–H and O–H groups in total. The largest absolute Gasteiger partial charge is 0.0722 e. The van der Waals surface area contributed by atoms with E-state index in [1.165, 1.54) is 0 Å². The summed E-state index contributed by atoms with van der Waals surface area (Å²) in [5.41, 5.74) is 0. The maximum Gasteiger partial charge on any atom is 0.0285 e. The molecule has 4 heteroatoms. The highest BCUT2D eigenvalue weighted by molar-refractivity contribution is 9.10. The summed E-state index contributed by atoms with van der Waals surface area (Å²) in [5, 5.41) is 0. The van der Waals surface area contributed by atoms with E-state index in [4.69, 9.17) is 0 Å². The summed E-state index contributed by atoms with van der Waals surface area (Å²) in [7, 11) is -0.818. The molecule has 0 aliphatic carbocycles. The molecule has 0 amide bonds. The molecule has 0 nitrogen and oxygen atoms in total. The lowest BCUT2D eigenvalue weighted by Crippen LogP contribution is -2.46. The predicted octanol–water partition coefficient (Wildman–Crippen LogP) is 4.27. The molecular weight excluding hydrogens is 308 g/mol. The molecule has 0 aliphatic rings. The van der Waals surface area contributed by atoms with E-state index in [1.54, 1.807) is 0 Å². The van der Waals surface area contributed by atoms with Crippen LogP contribution in [-0.4, -0.2) is 23.7 Å². The van der Waals surface area contributed by atoms with E-state index in [0.29, 0.717) is 8.55 Å². The Morgan fingerprint density at radius 1 is 0.812 bits per heavy atom. The van der Waals surface area contributed by atoms with Crippen molar-refractivity contribution in [3.63, 3.8) is 0 Å².